The Hall–Kier alpha value is -10.3. The van der Waals surface area contributed by atoms with E-state index in [-0.39, 0.29) is 129 Å². The summed E-state index contributed by atoms with van der Waals surface area (Å²) < 4.78 is 142. The fourth-order valence-electron chi connectivity index (χ4n) is 8.60. The Bertz CT molecular complexity index is 6190. The van der Waals surface area contributed by atoms with Crippen LogP contribution < -0.4 is 5.32 Å². The first-order valence-electron chi connectivity index (χ1n) is 29.2. The van der Waals surface area contributed by atoms with Gasteiger partial charge in [-0.15, -0.1) is 29.1 Å². The van der Waals surface area contributed by atoms with E-state index in [4.69, 9.17) is 69.9 Å². The van der Waals surface area contributed by atoms with Gasteiger partial charge in [-0.05, 0) is 60.7 Å². The number of rotatable bonds is 24. The van der Waals surface area contributed by atoms with E-state index in [9.17, 15) is 68.3 Å². The van der Waals surface area contributed by atoms with Gasteiger partial charge in [0.25, 0.3) is 36.1 Å². The maximum Gasteiger partial charge on any atom is 0.395 e. The summed E-state index contributed by atoms with van der Waals surface area (Å²) in [5, 5.41) is 76.8. The van der Waals surface area contributed by atoms with Gasteiger partial charge in [0.15, 0.2) is 11.5 Å². The Morgan fingerprint density at radius 1 is 0.562 bits per heavy atom. The molecule has 4 heterocycles. The third-order valence-corrected chi connectivity index (χ3v) is 21.1. The summed E-state index contributed by atoms with van der Waals surface area (Å²) in [6, 6.07) is 27.5. The highest BCUT2D eigenvalue weighted by atomic mass is 35.5. The number of phenols is 2. The van der Waals surface area contributed by atoms with Crippen LogP contribution in [-0.4, -0.2) is 130 Å². The molecule has 0 aliphatic heterocycles. The standard InChI is InChI=1S/C17H10N4O6S2.C15H12ClN5O5S2.C15H9N5O4S2.C12H5Cl3N4O7S3.2H2/c1-2-25-17(23)15(16(22)10-6-4-3-5-7-10)19-18-14-12(28-27-26-24)9-8-11-13(14)21-29-20-11;1-2-12(22)17-10-6-7(5-8(16)15(10)23)18-19-9-3-4-11(28(24,25)26)14-13(9)20-27-21-14;1-16-15(14(21)9-5-3-2-4-6-9)18-17-10-7-8-11(26(22,23)24)13-12(10)19-25-20-13;13-3-1-4(7(14)8(15)12(3)20)16-17-9-5(27-26-25-21)2-6(29(22,23)24)10-11(9)19-28-18-10;;/h1,3-9,15,24H;3-6,23H,2H2,1H3,(H,17,22)(H,24,25,26);2-8,15H,(H,22,23,24);1-2,20-21H,(H,22,23,24);2*1H. The second-order valence-electron chi connectivity index (χ2n) is 20.5. The number of aromatic nitrogens is 8. The van der Waals surface area contributed by atoms with E-state index in [1.54, 1.807) is 73.7 Å². The SMILES string of the molecule is C#COC(=O)C(N=Nc1c(SOOO)ccc2nsnc12)C(=O)c1ccccc1.CCC(=O)Nc1cc(N=Nc2ccc(S(=O)(=O)O)c3nsnc23)cc(Cl)c1O.O=S(=O)(O)c1cc(SOOO)c(N=Nc2cc(Cl)c(O)c(Cl)c2Cl)c2nsnc12.[C-]#[N+]C(N=Nc1ccc(S(=O)(=O)O)c2nsnc12)C(=O)c1ccccc1.[HH].[HH]. The minimum Gasteiger partial charge on any atom is -0.505 e. The van der Waals surface area contributed by atoms with Gasteiger partial charge >= 0.3 is 12.1 Å². The quantitative estimate of drug-likeness (QED) is 0.00226. The van der Waals surface area contributed by atoms with Crippen LogP contribution in [0.15, 0.2) is 187 Å². The monoisotopic (exact) mass is 1780 g/mol. The van der Waals surface area contributed by atoms with Gasteiger partial charge in [-0.3, -0.25) is 32.9 Å². The van der Waals surface area contributed by atoms with Crippen LogP contribution in [0.25, 0.3) is 49.0 Å². The second kappa shape index (κ2) is 38.8. The highest BCUT2D eigenvalue weighted by Gasteiger charge is 2.31. The predicted molar refractivity (Wildman–Crippen MR) is 408 cm³/mol. The fraction of sp³-hybridized carbons (Fsp3) is 0.0678. The number of terminal acetylenes is 1. The van der Waals surface area contributed by atoms with Crippen molar-refractivity contribution in [3.8, 4) is 24.0 Å². The number of ketones is 2. The van der Waals surface area contributed by atoms with Crippen molar-refractivity contribution in [3.05, 3.63) is 164 Å². The average Bonchev–Trinajstić information content (AvgIpc) is 1.52. The van der Waals surface area contributed by atoms with E-state index < -0.39 is 75.6 Å². The molecule has 53 heteroatoms. The molecule has 0 bridgehead atoms. The largest absolute Gasteiger partial charge is 0.505 e. The molecule has 0 saturated heterocycles. The van der Waals surface area contributed by atoms with Crippen molar-refractivity contribution in [3.63, 3.8) is 0 Å². The molecule has 40 nitrogen and oxygen atoms in total. The van der Waals surface area contributed by atoms with Crippen molar-refractivity contribution < 1.29 is 105 Å². The van der Waals surface area contributed by atoms with E-state index in [0.717, 1.165) is 53.4 Å². The third-order valence-electron chi connectivity index (χ3n) is 13.6. The predicted octanol–water partition coefficient (Wildman–Crippen LogP) is 16.7. The Labute approximate surface area is 674 Å². The van der Waals surface area contributed by atoms with E-state index in [2.05, 4.69) is 110 Å². The van der Waals surface area contributed by atoms with Gasteiger partial charge in [0, 0.05) is 20.4 Å². The molecule has 112 heavy (non-hydrogen) atoms. The molecule has 12 rings (SSSR count). The highest BCUT2D eigenvalue weighted by molar-refractivity contribution is 7.95. The van der Waals surface area contributed by atoms with Crippen LogP contribution in [0, 0.1) is 19.1 Å². The van der Waals surface area contributed by atoms with Gasteiger partial charge in [-0.25, -0.2) is 21.9 Å². The van der Waals surface area contributed by atoms with Crippen LogP contribution in [0.1, 0.15) is 36.9 Å². The molecular formula is C59H40Cl4N18O22S9. The summed E-state index contributed by atoms with van der Waals surface area (Å²) in [4.78, 5) is 50.9. The van der Waals surface area contributed by atoms with Gasteiger partial charge in [0.05, 0.1) is 107 Å². The molecule has 0 aliphatic carbocycles. The van der Waals surface area contributed by atoms with E-state index in [0.29, 0.717) is 57.3 Å². The molecule has 2 atom stereocenters. The lowest BCUT2D eigenvalue weighted by Gasteiger charge is -2.08. The average molecular weight is 1780 g/mol. The van der Waals surface area contributed by atoms with Crippen molar-refractivity contribution in [2.45, 2.75) is 50.0 Å². The summed E-state index contributed by atoms with van der Waals surface area (Å²) in [6.07, 6.45) is 5.56. The van der Waals surface area contributed by atoms with Gasteiger partial charge in [-0.1, -0.05) is 136 Å². The number of esters is 1. The smallest absolute Gasteiger partial charge is 0.395 e. The molecule has 4 aromatic heterocycles. The normalized spacial score (nSPS) is 12.3. The molecule has 1 amide bonds. The number of azo groups is 4. The molecule has 0 fully saturated rings. The van der Waals surface area contributed by atoms with E-state index in [1.165, 1.54) is 42.5 Å². The third kappa shape index (κ3) is 21.3. The van der Waals surface area contributed by atoms with Crippen LogP contribution in [0.4, 0.5) is 39.8 Å². The Kier molecular flexibility index (Phi) is 29.7. The summed E-state index contributed by atoms with van der Waals surface area (Å²) >= 11 is 27.7. The second-order valence-corrected chi connectivity index (χ2v) is 29.8. The number of anilines is 1. The first kappa shape index (κ1) is 85.7. The van der Waals surface area contributed by atoms with E-state index >= 15 is 0 Å². The number of benzene rings is 8. The lowest BCUT2D eigenvalue weighted by molar-refractivity contribution is -0.432. The fourth-order valence-corrected chi connectivity index (χ4v) is 14.8. The number of nitrogens with zero attached hydrogens (tertiary/aromatic N) is 17. The number of carbonyl (C=O) groups excluding carboxylic acids is 4. The number of hydrogen-bond acceptors (Lipinski definition) is 41. The number of Topliss-reactive ketones (excluding diaryl/α,β-unsaturated/α-hetero) is 2. The molecule has 0 spiro atoms. The minimum absolute atomic E-state index is 0. The van der Waals surface area contributed by atoms with Crippen molar-refractivity contribution in [2.75, 3.05) is 5.32 Å². The maximum absolute atomic E-state index is 12.7. The first-order valence-corrected chi connectivity index (χ1v) is 39.5. The first-order chi connectivity index (χ1) is 53.4. The molecular weight excluding hydrogens is 1740 g/mol. The zero-order valence-corrected chi connectivity index (χ0v) is 64.9. The number of fused-ring (bicyclic) bond motifs is 4. The van der Waals surface area contributed by atoms with Crippen molar-refractivity contribution >= 4 is 255 Å². The van der Waals surface area contributed by atoms with Crippen LogP contribution in [0.3, 0.4) is 0 Å². The van der Waals surface area contributed by atoms with Crippen molar-refractivity contribution in [2.24, 2.45) is 40.9 Å². The highest BCUT2D eigenvalue weighted by Crippen LogP contribution is 2.46. The molecule has 2 unspecified atom stereocenters. The van der Waals surface area contributed by atoms with Crippen molar-refractivity contribution in [1.29, 1.82) is 0 Å². The van der Waals surface area contributed by atoms with Crippen LogP contribution in [0.5, 0.6) is 11.5 Å². The number of amides is 1. The number of hydrogen-bond donors (Lipinski definition) is 8. The maximum atomic E-state index is 12.7. The van der Waals surface area contributed by atoms with E-state index in [1.807, 2.05) is 0 Å². The Morgan fingerprint density at radius 2 is 1.06 bits per heavy atom. The zero-order chi connectivity index (χ0) is 81.2. The zero-order valence-electron chi connectivity index (χ0n) is 54.5. The summed E-state index contributed by atoms with van der Waals surface area (Å²) in [5.41, 5.74) is 2.08. The van der Waals surface area contributed by atoms with Crippen LogP contribution in [-0.2, 0) is 63.4 Å². The topological polar surface area (TPSA) is 577 Å². The Morgan fingerprint density at radius 3 is 1.62 bits per heavy atom. The number of carbonyl (C=O) groups is 4. The number of nitrogens with one attached hydrogen (secondary N) is 1. The van der Waals surface area contributed by atoms with Gasteiger partial charge in [-0.2, -0.15) is 75.6 Å². The molecule has 0 radical (unpaired) electrons. The molecule has 8 aromatic carbocycles. The Balaban J connectivity index is 0.000000209. The summed E-state index contributed by atoms with van der Waals surface area (Å²) in [7, 11) is -13.6. The number of halogens is 4. The summed E-state index contributed by atoms with van der Waals surface area (Å²) in [5.74, 6) is -3.28. The molecule has 8 N–H and O–H groups in total. The number of aromatic hydroxyl groups is 2. The minimum atomic E-state index is -4.68. The lowest BCUT2D eigenvalue weighted by Crippen LogP contribution is -2.29. The van der Waals surface area contributed by atoms with Crippen LogP contribution in [0.2, 0.25) is 20.1 Å². The van der Waals surface area contributed by atoms with Gasteiger partial charge in [0.1, 0.15) is 98.4 Å². The summed E-state index contributed by atoms with van der Waals surface area (Å²) in [6.45, 7) is 8.82. The molecule has 0 saturated carbocycles. The molecule has 12 aromatic rings. The van der Waals surface area contributed by atoms with Crippen LogP contribution >= 0.6 is 117 Å². The molecule has 580 valence electrons. The van der Waals surface area contributed by atoms with Gasteiger partial charge < -0.3 is 20.3 Å². The number of phenolic OH excluding ortho intramolecular Hbond substituents is 2. The molecule has 0 aliphatic rings. The van der Waals surface area contributed by atoms with Gasteiger partial charge in [0.2, 0.25) is 17.7 Å². The number of ether oxygens (including phenoxy) is 1. The lowest BCUT2D eigenvalue weighted by atomic mass is 10.1. The van der Waals surface area contributed by atoms with Crippen molar-refractivity contribution in [1.82, 2.24) is 35.0 Å².